The van der Waals surface area contributed by atoms with E-state index in [0.29, 0.717) is 26.5 Å². The summed E-state index contributed by atoms with van der Waals surface area (Å²) in [6, 6.07) is 8.10. The number of fused-ring (bicyclic) bond motifs is 2. The number of para-hydroxylation sites is 1. The molecular weight excluding hydrogens is 426 g/mol. The molecule has 150 valence electrons. The first-order valence-electron chi connectivity index (χ1n) is 9.14. The molecule has 0 saturated heterocycles. The number of benzene rings is 1. The summed E-state index contributed by atoms with van der Waals surface area (Å²) < 4.78 is 6.05. The van der Waals surface area contributed by atoms with Crippen molar-refractivity contribution in [3.8, 4) is 0 Å². The number of esters is 1. The Morgan fingerprint density at radius 2 is 2.17 bits per heavy atom. The van der Waals surface area contributed by atoms with Crippen LogP contribution in [0.25, 0.3) is 10.2 Å². The van der Waals surface area contributed by atoms with Crippen LogP contribution >= 0.6 is 34.9 Å². The molecule has 1 aromatic carbocycles. The van der Waals surface area contributed by atoms with Gasteiger partial charge in [0.25, 0.3) is 5.56 Å². The van der Waals surface area contributed by atoms with Crippen molar-refractivity contribution < 1.29 is 9.53 Å². The van der Waals surface area contributed by atoms with Crippen molar-refractivity contribution >= 4 is 61.1 Å². The van der Waals surface area contributed by atoms with E-state index in [4.69, 9.17) is 9.73 Å². The third-order valence-corrected chi connectivity index (χ3v) is 7.97. The molecule has 1 unspecified atom stereocenters. The second kappa shape index (κ2) is 8.33. The molecular formula is C20H19N3O3S3. The summed E-state index contributed by atoms with van der Waals surface area (Å²) in [7, 11) is 0. The maximum Gasteiger partial charge on any atom is 0.348 e. The Kier molecular flexibility index (Phi) is 5.80. The van der Waals surface area contributed by atoms with Crippen LogP contribution in [0.3, 0.4) is 0 Å². The van der Waals surface area contributed by atoms with Gasteiger partial charge in [0, 0.05) is 5.75 Å². The van der Waals surface area contributed by atoms with Crippen molar-refractivity contribution in [3.63, 3.8) is 0 Å². The summed E-state index contributed by atoms with van der Waals surface area (Å²) in [6.07, 6.45) is 0. The quantitative estimate of drug-likeness (QED) is 0.556. The molecule has 3 aromatic rings. The number of aromatic nitrogens is 2. The molecule has 6 nitrogen and oxygen atoms in total. The average molecular weight is 446 g/mol. The Hall–Kier alpha value is -2.10. The van der Waals surface area contributed by atoms with Gasteiger partial charge < -0.3 is 9.72 Å². The van der Waals surface area contributed by atoms with E-state index >= 15 is 0 Å². The van der Waals surface area contributed by atoms with Gasteiger partial charge in [-0.25, -0.2) is 14.8 Å². The van der Waals surface area contributed by atoms with Crippen LogP contribution in [-0.2, 0) is 10.5 Å². The summed E-state index contributed by atoms with van der Waals surface area (Å²) in [5, 5.41) is 0.370. The Bertz CT molecular complexity index is 1180. The molecule has 0 fully saturated rings. The smallest absolute Gasteiger partial charge is 0.348 e. The second-order valence-corrected chi connectivity index (χ2v) is 10.0. The van der Waals surface area contributed by atoms with Gasteiger partial charge in [-0.3, -0.25) is 4.79 Å². The zero-order valence-corrected chi connectivity index (χ0v) is 18.6. The van der Waals surface area contributed by atoms with E-state index < -0.39 is 5.97 Å². The predicted molar refractivity (Wildman–Crippen MR) is 122 cm³/mol. The van der Waals surface area contributed by atoms with Crippen LogP contribution in [0.4, 0.5) is 5.69 Å². The lowest BCUT2D eigenvalue weighted by molar-refractivity contribution is 0.0531. The minimum Gasteiger partial charge on any atom is -0.462 e. The highest BCUT2D eigenvalue weighted by Gasteiger charge is 2.23. The topological polar surface area (TPSA) is 84.4 Å². The lowest BCUT2D eigenvalue weighted by Gasteiger charge is -2.17. The molecule has 29 heavy (non-hydrogen) atoms. The van der Waals surface area contributed by atoms with E-state index in [2.05, 4.69) is 16.0 Å². The number of ether oxygens (including phenoxy) is 1. The summed E-state index contributed by atoms with van der Waals surface area (Å²) in [4.78, 5) is 38.1. The number of nitrogens with zero attached hydrogens (tertiary/aromatic N) is 2. The van der Waals surface area contributed by atoms with Crippen LogP contribution in [0.15, 0.2) is 34.1 Å². The fourth-order valence-electron chi connectivity index (χ4n) is 3.02. The van der Waals surface area contributed by atoms with Crippen LogP contribution < -0.4 is 5.56 Å². The molecule has 1 atom stereocenters. The number of carbonyl (C=O) groups excluding carboxylic acids is 1. The molecule has 1 N–H and O–H groups in total. The number of aryl methyl sites for hydroxylation is 1. The van der Waals surface area contributed by atoms with E-state index in [-0.39, 0.29) is 17.4 Å². The van der Waals surface area contributed by atoms with Crippen LogP contribution in [0.1, 0.15) is 45.7 Å². The van der Waals surface area contributed by atoms with Crippen LogP contribution in [-0.4, -0.2) is 26.9 Å². The van der Waals surface area contributed by atoms with Gasteiger partial charge in [0.2, 0.25) is 0 Å². The van der Waals surface area contributed by atoms with Crippen molar-refractivity contribution in [2.45, 2.75) is 31.8 Å². The number of aromatic amines is 1. The maximum atomic E-state index is 12.7. The molecule has 3 heterocycles. The van der Waals surface area contributed by atoms with Gasteiger partial charge in [-0.1, -0.05) is 41.7 Å². The van der Waals surface area contributed by atoms with E-state index in [1.165, 1.54) is 16.9 Å². The molecule has 4 rings (SSSR count). The van der Waals surface area contributed by atoms with Gasteiger partial charge in [-0.15, -0.1) is 11.3 Å². The van der Waals surface area contributed by atoms with Crippen molar-refractivity contribution in [2.75, 3.05) is 6.61 Å². The minimum atomic E-state index is -0.414. The molecule has 0 radical (unpaired) electrons. The highest BCUT2D eigenvalue weighted by molar-refractivity contribution is 8.38. The number of carbonyl (C=O) groups is 1. The number of thiophene rings is 1. The molecule has 9 heteroatoms. The largest absolute Gasteiger partial charge is 0.462 e. The number of hydrogen-bond donors (Lipinski definition) is 1. The summed E-state index contributed by atoms with van der Waals surface area (Å²) >= 11 is 4.46. The Morgan fingerprint density at radius 3 is 2.97 bits per heavy atom. The number of rotatable bonds is 4. The first-order chi connectivity index (χ1) is 14.0. The van der Waals surface area contributed by atoms with Crippen LogP contribution in [0.5, 0.6) is 0 Å². The third-order valence-electron chi connectivity index (χ3n) is 4.50. The number of hydrogen-bond acceptors (Lipinski definition) is 8. The van der Waals surface area contributed by atoms with Gasteiger partial charge in [-0.05, 0) is 38.0 Å². The number of thioether (sulfide) groups is 2. The Labute approximate surface area is 180 Å². The highest BCUT2D eigenvalue weighted by Crippen LogP contribution is 2.39. The normalized spacial score (nSPS) is 14.4. The fourth-order valence-corrected chi connectivity index (χ4v) is 6.35. The first-order valence-corrected chi connectivity index (χ1v) is 11.8. The predicted octanol–water partition coefficient (Wildman–Crippen LogP) is 5.20. The van der Waals surface area contributed by atoms with E-state index in [0.717, 1.165) is 15.8 Å². The van der Waals surface area contributed by atoms with Crippen molar-refractivity contribution in [1.82, 2.24) is 9.97 Å². The Morgan fingerprint density at radius 1 is 1.38 bits per heavy atom. The lowest BCUT2D eigenvalue weighted by Crippen LogP contribution is -2.13. The lowest BCUT2D eigenvalue weighted by atomic mass is 10.2. The van der Waals surface area contributed by atoms with Crippen molar-refractivity contribution in [2.24, 2.45) is 4.99 Å². The molecule has 0 bridgehead atoms. The van der Waals surface area contributed by atoms with E-state index in [9.17, 15) is 9.59 Å². The van der Waals surface area contributed by atoms with Gasteiger partial charge in [-0.2, -0.15) is 0 Å². The van der Waals surface area contributed by atoms with Gasteiger partial charge in [0.1, 0.15) is 19.9 Å². The summed E-state index contributed by atoms with van der Waals surface area (Å²) in [5.41, 5.74) is 2.60. The van der Waals surface area contributed by atoms with Gasteiger partial charge in [0.15, 0.2) is 0 Å². The molecule has 0 spiro atoms. The van der Waals surface area contributed by atoms with Crippen LogP contribution in [0, 0.1) is 6.92 Å². The second-order valence-electron chi connectivity index (χ2n) is 6.46. The molecule has 0 saturated carbocycles. The third kappa shape index (κ3) is 3.99. The SMILES string of the molecule is CCOC(=O)c1sc2nc(C(C)SC3=Nc4ccccc4CS3)[nH]c(=O)c2c1C. The van der Waals surface area contributed by atoms with Gasteiger partial charge >= 0.3 is 5.97 Å². The van der Waals surface area contributed by atoms with E-state index in [1.807, 2.05) is 25.1 Å². The molecule has 0 aliphatic carbocycles. The summed E-state index contributed by atoms with van der Waals surface area (Å²) in [6.45, 7) is 5.79. The van der Waals surface area contributed by atoms with Crippen molar-refractivity contribution in [1.29, 1.82) is 0 Å². The highest BCUT2D eigenvalue weighted by atomic mass is 32.2. The fraction of sp³-hybridized carbons (Fsp3) is 0.300. The molecule has 1 aliphatic heterocycles. The van der Waals surface area contributed by atoms with Crippen LogP contribution in [0.2, 0.25) is 0 Å². The Balaban J connectivity index is 1.63. The number of H-pyrrole nitrogens is 1. The maximum absolute atomic E-state index is 12.7. The standard InChI is InChI=1S/C20H19N3O3S3/c1-4-26-19(25)15-10(2)14-17(24)22-16(23-18(14)29-15)11(3)28-20-21-13-8-6-5-7-12(13)9-27-20/h5-8,11H,4,9H2,1-3H3,(H,22,23,24). The molecule has 0 amide bonds. The zero-order valence-electron chi connectivity index (χ0n) is 16.1. The summed E-state index contributed by atoms with van der Waals surface area (Å²) in [5.74, 6) is 1.04. The minimum absolute atomic E-state index is 0.0861. The number of nitrogens with one attached hydrogen (secondary N) is 1. The monoisotopic (exact) mass is 445 g/mol. The molecule has 2 aromatic heterocycles. The zero-order chi connectivity index (χ0) is 20.5. The number of aliphatic imine (C=N–C) groups is 1. The van der Waals surface area contributed by atoms with E-state index in [1.54, 1.807) is 37.4 Å². The van der Waals surface area contributed by atoms with Gasteiger partial charge in [0.05, 0.1) is 22.9 Å². The first kappa shape index (κ1) is 20.2. The average Bonchev–Trinajstić information content (AvgIpc) is 3.05. The molecule has 1 aliphatic rings. The van der Waals surface area contributed by atoms with Crippen molar-refractivity contribution in [3.05, 3.63) is 56.4 Å².